The first-order valence-corrected chi connectivity index (χ1v) is 6.59. The zero-order chi connectivity index (χ0) is 13.8. The van der Waals surface area contributed by atoms with Gasteiger partial charge in [-0.05, 0) is 19.8 Å². The first-order chi connectivity index (χ1) is 8.71. The van der Waals surface area contributed by atoms with E-state index < -0.39 is 0 Å². The number of esters is 1. The number of rotatable bonds is 11. The number of hydrogen-bond donors (Lipinski definition) is 0. The fourth-order valence-electron chi connectivity index (χ4n) is 1.86. The van der Waals surface area contributed by atoms with Crippen LogP contribution in [0.2, 0.25) is 0 Å². The van der Waals surface area contributed by atoms with Crippen molar-refractivity contribution in [3.05, 3.63) is 0 Å². The van der Waals surface area contributed by atoms with Gasteiger partial charge in [-0.1, -0.05) is 6.92 Å². The molecule has 108 valence electrons. The second-order valence-electron chi connectivity index (χ2n) is 4.05. The number of hydrogen-bond acceptors (Lipinski definition) is 5. The predicted molar refractivity (Wildman–Crippen MR) is 70.7 cm³/mol. The molecular weight excluding hydrogens is 234 g/mol. The molecule has 5 nitrogen and oxygen atoms in total. The molecule has 1 unspecified atom stereocenters. The van der Waals surface area contributed by atoms with E-state index in [4.69, 9.17) is 14.2 Å². The van der Waals surface area contributed by atoms with Gasteiger partial charge in [0.2, 0.25) is 0 Å². The lowest BCUT2D eigenvalue weighted by Crippen LogP contribution is -2.44. The van der Waals surface area contributed by atoms with Crippen LogP contribution in [-0.4, -0.2) is 64.0 Å². The minimum absolute atomic E-state index is 0.145. The fraction of sp³-hybridized carbons (Fsp3) is 0.923. The smallest absolute Gasteiger partial charge is 0.323 e. The Morgan fingerprint density at radius 1 is 1.11 bits per heavy atom. The number of ether oxygens (including phenoxy) is 3. The van der Waals surface area contributed by atoms with Crippen LogP contribution >= 0.6 is 0 Å². The van der Waals surface area contributed by atoms with Gasteiger partial charge >= 0.3 is 5.97 Å². The first-order valence-electron chi connectivity index (χ1n) is 6.59. The van der Waals surface area contributed by atoms with E-state index in [-0.39, 0.29) is 12.0 Å². The van der Waals surface area contributed by atoms with Gasteiger partial charge in [0.15, 0.2) is 0 Å². The highest BCUT2D eigenvalue weighted by molar-refractivity contribution is 5.75. The number of methoxy groups -OCH3 is 2. The lowest BCUT2D eigenvalue weighted by atomic mass is 10.2. The van der Waals surface area contributed by atoms with Gasteiger partial charge in [0.05, 0.1) is 13.2 Å². The average molecular weight is 261 g/mol. The second kappa shape index (κ2) is 11.4. The third-order valence-electron chi connectivity index (χ3n) is 2.76. The standard InChI is InChI=1S/C13H27NO4/c1-5-12(13(15)18-6-2)14(9-11-17-4)8-7-10-16-3/h12H,5-11H2,1-4H3. The molecule has 0 saturated heterocycles. The summed E-state index contributed by atoms with van der Waals surface area (Å²) in [6, 6.07) is -0.183. The lowest BCUT2D eigenvalue weighted by molar-refractivity contribution is -0.150. The highest BCUT2D eigenvalue weighted by atomic mass is 16.5. The molecule has 0 spiro atoms. The van der Waals surface area contributed by atoms with E-state index in [9.17, 15) is 4.79 Å². The van der Waals surface area contributed by atoms with Gasteiger partial charge in [0, 0.05) is 33.9 Å². The summed E-state index contributed by atoms with van der Waals surface area (Å²) in [6.07, 6.45) is 1.64. The van der Waals surface area contributed by atoms with Crippen LogP contribution < -0.4 is 0 Å². The molecule has 0 fully saturated rings. The van der Waals surface area contributed by atoms with Crippen molar-refractivity contribution in [2.24, 2.45) is 0 Å². The van der Waals surface area contributed by atoms with E-state index in [1.54, 1.807) is 14.2 Å². The molecule has 0 rings (SSSR count). The molecule has 0 bridgehead atoms. The first kappa shape index (κ1) is 17.4. The number of carbonyl (C=O) groups is 1. The van der Waals surface area contributed by atoms with Crippen LogP contribution in [0.1, 0.15) is 26.7 Å². The summed E-state index contributed by atoms with van der Waals surface area (Å²) in [5.74, 6) is -0.145. The monoisotopic (exact) mass is 261 g/mol. The quantitative estimate of drug-likeness (QED) is 0.414. The maximum absolute atomic E-state index is 11.9. The Morgan fingerprint density at radius 2 is 1.78 bits per heavy atom. The molecule has 5 heteroatoms. The van der Waals surface area contributed by atoms with Crippen LogP contribution in [0.15, 0.2) is 0 Å². The highest BCUT2D eigenvalue weighted by Gasteiger charge is 2.24. The molecule has 0 aliphatic carbocycles. The Hall–Kier alpha value is -0.650. The van der Waals surface area contributed by atoms with Crippen LogP contribution in [0.25, 0.3) is 0 Å². The SMILES string of the molecule is CCOC(=O)C(CC)N(CCCOC)CCOC. The molecule has 0 saturated carbocycles. The van der Waals surface area contributed by atoms with Gasteiger partial charge in [0.1, 0.15) is 6.04 Å². The molecule has 0 aromatic carbocycles. The van der Waals surface area contributed by atoms with Crippen LogP contribution in [0.4, 0.5) is 0 Å². The zero-order valence-corrected chi connectivity index (χ0v) is 12.1. The zero-order valence-electron chi connectivity index (χ0n) is 12.1. The van der Waals surface area contributed by atoms with Crippen molar-refractivity contribution >= 4 is 5.97 Å². The summed E-state index contributed by atoms with van der Waals surface area (Å²) in [6.45, 7) is 7.11. The molecule has 1 atom stereocenters. The minimum Gasteiger partial charge on any atom is -0.465 e. The Kier molecular flexibility index (Phi) is 11.0. The van der Waals surface area contributed by atoms with E-state index in [0.717, 1.165) is 25.9 Å². The van der Waals surface area contributed by atoms with Gasteiger partial charge in [-0.25, -0.2) is 0 Å². The predicted octanol–water partition coefficient (Wildman–Crippen LogP) is 1.31. The Bertz CT molecular complexity index is 211. The number of carbonyl (C=O) groups excluding carboxylic acids is 1. The van der Waals surface area contributed by atoms with Crippen LogP contribution in [-0.2, 0) is 19.0 Å². The highest BCUT2D eigenvalue weighted by Crippen LogP contribution is 2.08. The molecule has 0 aliphatic heterocycles. The number of nitrogens with zero attached hydrogens (tertiary/aromatic N) is 1. The third-order valence-corrected chi connectivity index (χ3v) is 2.76. The average Bonchev–Trinajstić information content (AvgIpc) is 2.36. The molecule has 0 amide bonds. The van der Waals surface area contributed by atoms with Gasteiger partial charge < -0.3 is 14.2 Å². The second-order valence-corrected chi connectivity index (χ2v) is 4.05. The maximum Gasteiger partial charge on any atom is 0.323 e. The summed E-state index contributed by atoms with van der Waals surface area (Å²) >= 11 is 0. The molecule has 0 heterocycles. The van der Waals surface area contributed by atoms with Gasteiger partial charge in [-0.3, -0.25) is 9.69 Å². The van der Waals surface area contributed by atoms with E-state index in [2.05, 4.69) is 4.90 Å². The topological polar surface area (TPSA) is 48.0 Å². The summed E-state index contributed by atoms with van der Waals surface area (Å²) in [5.41, 5.74) is 0. The van der Waals surface area contributed by atoms with Crippen molar-refractivity contribution in [3.63, 3.8) is 0 Å². The van der Waals surface area contributed by atoms with Gasteiger partial charge in [-0.15, -0.1) is 0 Å². The van der Waals surface area contributed by atoms with Crippen molar-refractivity contribution in [1.82, 2.24) is 4.90 Å². The van der Waals surface area contributed by atoms with Crippen molar-refractivity contribution in [2.75, 3.05) is 47.1 Å². The van der Waals surface area contributed by atoms with Gasteiger partial charge in [-0.2, -0.15) is 0 Å². The fourth-order valence-corrected chi connectivity index (χ4v) is 1.86. The summed E-state index contributed by atoms with van der Waals surface area (Å²) in [4.78, 5) is 14.0. The van der Waals surface area contributed by atoms with E-state index in [0.29, 0.717) is 19.8 Å². The van der Waals surface area contributed by atoms with Crippen molar-refractivity contribution < 1.29 is 19.0 Å². The molecule has 0 aromatic rings. The Balaban J connectivity index is 4.40. The minimum atomic E-state index is -0.183. The molecule has 0 N–H and O–H groups in total. The van der Waals surface area contributed by atoms with E-state index in [1.807, 2.05) is 13.8 Å². The van der Waals surface area contributed by atoms with Gasteiger partial charge in [0.25, 0.3) is 0 Å². The third kappa shape index (κ3) is 6.93. The molecule has 0 aliphatic rings. The summed E-state index contributed by atoms with van der Waals surface area (Å²) < 4.78 is 15.2. The molecule has 0 radical (unpaired) electrons. The van der Waals surface area contributed by atoms with Crippen LogP contribution in [0.5, 0.6) is 0 Å². The van der Waals surface area contributed by atoms with Crippen LogP contribution in [0, 0.1) is 0 Å². The molecular formula is C13H27NO4. The molecule has 18 heavy (non-hydrogen) atoms. The van der Waals surface area contributed by atoms with Crippen LogP contribution in [0.3, 0.4) is 0 Å². The van der Waals surface area contributed by atoms with Crippen molar-refractivity contribution in [3.8, 4) is 0 Å². The Labute approximate surface area is 110 Å². The lowest BCUT2D eigenvalue weighted by Gasteiger charge is -2.29. The van der Waals surface area contributed by atoms with E-state index in [1.165, 1.54) is 0 Å². The van der Waals surface area contributed by atoms with E-state index >= 15 is 0 Å². The largest absolute Gasteiger partial charge is 0.465 e. The summed E-state index contributed by atoms with van der Waals surface area (Å²) in [7, 11) is 3.35. The maximum atomic E-state index is 11.9. The Morgan fingerprint density at radius 3 is 2.28 bits per heavy atom. The van der Waals surface area contributed by atoms with Crippen molar-refractivity contribution in [1.29, 1.82) is 0 Å². The normalized spacial score (nSPS) is 12.7. The summed E-state index contributed by atoms with van der Waals surface area (Å²) in [5, 5.41) is 0. The molecule has 0 aromatic heterocycles. The van der Waals surface area contributed by atoms with Crippen molar-refractivity contribution in [2.45, 2.75) is 32.7 Å².